The van der Waals surface area contributed by atoms with Crippen molar-refractivity contribution in [3.8, 4) is 22.3 Å². The van der Waals surface area contributed by atoms with Gasteiger partial charge in [0, 0.05) is 53.2 Å². The Hall–Kier alpha value is -3.86. The van der Waals surface area contributed by atoms with Crippen molar-refractivity contribution in [3.05, 3.63) is 73.2 Å². The van der Waals surface area contributed by atoms with Crippen LogP contribution >= 0.6 is 0 Å². The fourth-order valence-electron chi connectivity index (χ4n) is 3.60. The van der Waals surface area contributed by atoms with E-state index < -0.39 is 0 Å². The molecule has 3 N–H and O–H groups in total. The van der Waals surface area contributed by atoms with Crippen LogP contribution in [-0.4, -0.2) is 20.9 Å². The average Bonchev–Trinajstić information content (AvgIpc) is 3.33. The summed E-state index contributed by atoms with van der Waals surface area (Å²) in [6, 6.07) is 18.4. The molecule has 0 saturated heterocycles. The lowest BCUT2D eigenvalue weighted by molar-refractivity contribution is -0.114. The predicted octanol–water partition coefficient (Wildman–Crippen LogP) is 5.34. The van der Waals surface area contributed by atoms with Gasteiger partial charge in [0.25, 0.3) is 0 Å². The Morgan fingerprint density at radius 1 is 0.964 bits per heavy atom. The maximum absolute atomic E-state index is 11.3. The number of H-pyrrole nitrogens is 2. The summed E-state index contributed by atoms with van der Waals surface area (Å²) in [5, 5.41) is 5.08. The molecule has 0 radical (unpaired) electrons. The lowest BCUT2D eigenvalue weighted by atomic mass is 10.0. The monoisotopic (exact) mass is 366 g/mol. The highest BCUT2D eigenvalue weighted by atomic mass is 16.1. The molecule has 1 amide bonds. The summed E-state index contributed by atoms with van der Waals surface area (Å²) >= 11 is 0. The van der Waals surface area contributed by atoms with Gasteiger partial charge in [-0.25, -0.2) is 4.98 Å². The number of hydrogen-bond acceptors (Lipinski definition) is 2. The second-order valence-corrected chi connectivity index (χ2v) is 6.86. The highest BCUT2D eigenvalue weighted by Gasteiger charge is 2.10. The first-order valence-corrected chi connectivity index (χ1v) is 9.10. The number of nitrogens with one attached hydrogen (secondary N) is 3. The Balaban J connectivity index is 1.61. The van der Waals surface area contributed by atoms with Crippen LogP contribution < -0.4 is 5.32 Å². The van der Waals surface area contributed by atoms with Crippen LogP contribution in [0.25, 0.3) is 44.2 Å². The largest absolute Gasteiger partial charge is 0.361 e. The van der Waals surface area contributed by atoms with Gasteiger partial charge in [0.15, 0.2) is 0 Å². The number of carbonyl (C=O) groups is 1. The van der Waals surface area contributed by atoms with Crippen LogP contribution in [0.5, 0.6) is 0 Å². The third kappa shape index (κ3) is 2.83. The maximum Gasteiger partial charge on any atom is 0.221 e. The molecule has 0 aliphatic heterocycles. The Labute approximate surface area is 161 Å². The molecule has 0 aliphatic carbocycles. The van der Waals surface area contributed by atoms with Gasteiger partial charge in [0.05, 0.1) is 0 Å². The molecule has 3 heterocycles. The number of aromatic nitrogens is 3. The van der Waals surface area contributed by atoms with Crippen LogP contribution in [0.3, 0.4) is 0 Å². The number of nitrogens with zero attached hydrogens (tertiary/aromatic N) is 1. The van der Waals surface area contributed by atoms with E-state index in [0.29, 0.717) is 0 Å². The van der Waals surface area contributed by atoms with Gasteiger partial charge in [-0.2, -0.15) is 0 Å². The van der Waals surface area contributed by atoms with Gasteiger partial charge in [-0.15, -0.1) is 0 Å². The molecule has 0 spiro atoms. The number of carbonyl (C=O) groups excluding carboxylic acids is 1. The van der Waals surface area contributed by atoms with Gasteiger partial charge in [0.1, 0.15) is 5.65 Å². The summed E-state index contributed by atoms with van der Waals surface area (Å²) in [5.74, 6) is -0.0844. The molecule has 5 nitrogen and oxygen atoms in total. The molecular formula is C23H18N4O. The Morgan fingerprint density at radius 3 is 2.79 bits per heavy atom. The normalized spacial score (nSPS) is 11.2. The number of benzene rings is 2. The lowest BCUT2D eigenvalue weighted by Crippen LogP contribution is -2.05. The summed E-state index contributed by atoms with van der Waals surface area (Å²) in [6.07, 6.45) is 5.80. The van der Waals surface area contributed by atoms with Crippen LogP contribution in [0, 0.1) is 0 Å². The number of anilines is 1. The minimum Gasteiger partial charge on any atom is -0.361 e. The van der Waals surface area contributed by atoms with E-state index in [-0.39, 0.29) is 5.91 Å². The van der Waals surface area contributed by atoms with E-state index in [1.54, 1.807) is 0 Å². The van der Waals surface area contributed by atoms with Gasteiger partial charge < -0.3 is 15.3 Å². The maximum atomic E-state index is 11.3. The molecule has 0 unspecified atom stereocenters. The highest BCUT2D eigenvalue weighted by molar-refractivity contribution is 5.98. The van der Waals surface area contributed by atoms with Crippen molar-refractivity contribution < 1.29 is 4.79 Å². The minimum atomic E-state index is -0.0844. The molecule has 5 aromatic rings. The number of hydrogen-bond donors (Lipinski definition) is 3. The van der Waals surface area contributed by atoms with E-state index in [0.717, 1.165) is 44.5 Å². The Kier molecular flexibility index (Phi) is 3.72. The van der Waals surface area contributed by atoms with Crippen molar-refractivity contribution in [1.29, 1.82) is 0 Å². The zero-order chi connectivity index (χ0) is 19.1. The molecule has 3 aromatic heterocycles. The fourth-order valence-corrected chi connectivity index (χ4v) is 3.60. The first-order valence-electron chi connectivity index (χ1n) is 9.10. The SMILES string of the molecule is CC(=O)Nc1cccc(-c2cnc3[nH]cc(-c4ccc5[nH]ccc5c4)c3c2)c1. The van der Waals surface area contributed by atoms with Crippen molar-refractivity contribution in [1.82, 2.24) is 15.0 Å². The number of pyridine rings is 1. The lowest BCUT2D eigenvalue weighted by Gasteiger charge is -2.07. The first kappa shape index (κ1) is 16.3. The van der Waals surface area contributed by atoms with Gasteiger partial charge in [-0.05, 0) is 52.9 Å². The van der Waals surface area contributed by atoms with E-state index >= 15 is 0 Å². The van der Waals surface area contributed by atoms with E-state index in [2.05, 4.69) is 50.6 Å². The predicted molar refractivity (Wildman–Crippen MR) is 113 cm³/mol. The summed E-state index contributed by atoms with van der Waals surface area (Å²) in [6.45, 7) is 1.51. The number of fused-ring (bicyclic) bond motifs is 2. The second kappa shape index (κ2) is 6.39. The topological polar surface area (TPSA) is 73.6 Å². The van der Waals surface area contributed by atoms with E-state index in [9.17, 15) is 4.79 Å². The van der Waals surface area contributed by atoms with Crippen LogP contribution in [0.1, 0.15) is 6.92 Å². The Morgan fingerprint density at radius 2 is 1.89 bits per heavy atom. The van der Waals surface area contributed by atoms with Crippen LogP contribution in [0.15, 0.2) is 73.2 Å². The summed E-state index contributed by atoms with van der Waals surface area (Å²) in [7, 11) is 0. The fraction of sp³-hybridized carbons (Fsp3) is 0.0435. The molecule has 5 heteroatoms. The quantitative estimate of drug-likeness (QED) is 0.403. The standard InChI is InChI=1S/C23H18N4O/c1-14(28)27-19-4-2-3-15(10-19)18-11-20-21(13-26-23(20)25-12-18)16-5-6-22-17(9-16)7-8-24-22/h2-13,24H,1H3,(H,25,26)(H,27,28). The summed E-state index contributed by atoms with van der Waals surface area (Å²) in [4.78, 5) is 22.4. The molecular weight excluding hydrogens is 348 g/mol. The smallest absolute Gasteiger partial charge is 0.221 e. The average molecular weight is 366 g/mol. The number of aromatic amines is 2. The van der Waals surface area contributed by atoms with Gasteiger partial charge >= 0.3 is 0 Å². The van der Waals surface area contributed by atoms with Crippen LogP contribution in [0.2, 0.25) is 0 Å². The van der Waals surface area contributed by atoms with Gasteiger partial charge in [-0.1, -0.05) is 18.2 Å². The molecule has 0 bridgehead atoms. The number of rotatable bonds is 3. The third-order valence-electron chi connectivity index (χ3n) is 4.91. The van der Waals surface area contributed by atoms with Crippen molar-refractivity contribution in [2.75, 3.05) is 5.32 Å². The van der Waals surface area contributed by atoms with Gasteiger partial charge in [0.2, 0.25) is 5.91 Å². The van der Waals surface area contributed by atoms with Crippen molar-refractivity contribution in [2.24, 2.45) is 0 Å². The third-order valence-corrected chi connectivity index (χ3v) is 4.91. The zero-order valence-corrected chi connectivity index (χ0v) is 15.3. The highest BCUT2D eigenvalue weighted by Crippen LogP contribution is 2.33. The molecule has 0 atom stereocenters. The molecule has 136 valence electrons. The van der Waals surface area contributed by atoms with Crippen LogP contribution in [-0.2, 0) is 4.79 Å². The van der Waals surface area contributed by atoms with E-state index in [4.69, 9.17) is 0 Å². The summed E-state index contributed by atoms with van der Waals surface area (Å²) in [5.41, 5.74) is 7.02. The molecule has 0 aliphatic rings. The van der Waals surface area contributed by atoms with Crippen molar-refractivity contribution >= 4 is 33.5 Å². The molecule has 0 fully saturated rings. The molecule has 0 saturated carbocycles. The zero-order valence-electron chi connectivity index (χ0n) is 15.3. The minimum absolute atomic E-state index is 0.0844. The summed E-state index contributed by atoms with van der Waals surface area (Å²) < 4.78 is 0. The molecule has 2 aromatic carbocycles. The molecule has 28 heavy (non-hydrogen) atoms. The van der Waals surface area contributed by atoms with Gasteiger partial charge in [-0.3, -0.25) is 4.79 Å². The van der Waals surface area contributed by atoms with E-state index in [1.165, 1.54) is 12.3 Å². The number of amides is 1. The second-order valence-electron chi connectivity index (χ2n) is 6.86. The van der Waals surface area contributed by atoms with Crippen molar-refractivity contribution in [2.45, 2.75) is 6.92 Å². The van der Waals surface area contributed by atoms with E-state index in [1.807, 2.05) is 42.9 Å². The van der Waals surface area contributed by atoms with Crippen LogP contribution in [0.4, 0.5) is 5.69 Å². The first-order chi connectivity index (χ1) is 13.7. The Bertz CT molecular complexity index is 1330. The van der Waals surface area contributed by atoms with Crippen molar-refractivity contribution in [3.63, 3.8) is 0 Å². The molecule has 5 rings (SSSR count).